The summed E-state index contributed by atoms with van der Waals surface area (Å²) >= 11 is 9.21. The first-order valence-corrected chi connectivity index (χ1v) is 34.9. The highest BCUT2D eigenvalue weighted by molar-refractivity contribution is 8.70. The van der Waals surface area contributed by atoms with Crippen LogP contribution in [-0.2, 0) is 75.7 Å². The molecule has 0 N–H and O–H groups in total. The topological polar surface area (TPSA) is 0 Å². The smallest absolute Gasteiger partial charge is 0.0888 e. The molecule has 0 aromatic rings. The zero-order valence-electron chi connectivity index (χ0n) is 46.1. The Morgan fingerprint density at radius 2 is 0.642 bits per heavy atom. The fourth-order valence-corrected chi connectivity index (χ4v) is 16.1. The van der Waals surface area contributed by atoms with Crippen molar-refractivity contribution in [2.75, 3.05) is 0 Å². The van der Waals surface area contributed by atoms with Gasteiger partial charge in [-0.3, -0.25) is 0 Å². The standard InChI is InChI=1S/C13H24.C13H26.C7H14.3C6H12.C6H11.2CH4.S8/c1-5-7-9-12(3)11-13(4)10-8-6-2;1-5-8-10-12(4)11-13(7-3)9-6-2;1-4-5-6-7(2)3;4*1-3-5-6-4-2;;;1-3-5-7-8-6-4-2/h7-10,12-13H,5-6,11H2,1-4H3;8,10,12-13H,5-7,9,11H2,1-4H3;5-7H,4H2,1-3H3;3*5-6H,3-4H2,1-2H3;5-6H,1,3-4H2,2H3;2*1H4;/q;;;;;;+1;;;. The van der Waals surface area contributed by atoms with Crippen molar-refractivity contribution >= 4 is 75.7 Å². The summed E-state index contributed by atoms with van der Waals surface area (Å²) in [5.41, 5.74) is 0. The van der Waals surface area contributed by atoms with Gasteiger partial charge in [-0.2, -0.15) is 0 Å². The van der Waals surface area contributed by atoms with Crippen molar-refractivity contribution in [3.05, 3.63) is 104 Å². The molecule has 402 valence electrons. The Hall–Kier alpha value is -0.450. The van der Waals surface area contributed by atoms with Gasteiger partial charge < -0.3 is 0 Å². The van der Waals surface area contributed by atoms with Crippen LogP contribution in [-0.4, -0.2) is 0 Å². The van der Waals surface area contributed by atoms with Crippen molar-refractivity contribution in [3.63, 3.8) is 0 Å². The van der Waals surface area contributed by atoms with Crippen LogP contribution in [0.15, 0.2) is 97.2 Å². The normalized spacial score (nSPS) is 12.1. The molecule has 0 saturated heterocycles. The van der Waals surface area contributed by atoms with E-state index in [1.54, 1.807) is 35.5 Å². The summed E-state index contributed by atoms with van der Waals surface area (Å²) in [5.74, 6) is 3.88. The van der Waals surface area contributed by atoms with E-state index >= 15 is 0 Å². The SMILES string of the molecule is C.C.CCC=CC(C)C.CCC=CC(C)CC(C)C=CCC.CCC=CC(C)CC(CC)CCC.CCC=CCC.CCC=CCC.CCC=CCC.S=S=S=S=S=S=S=S.[CH2+]CC=CCC. The summed E-state index contributed by atoms with van der Waals surface area (Å²) in [6.07, 6.45) is 56.0. The number of hydrogen-bond acceptors (Lipinski definition) is 2. The predicted octanol–water partition coefficient (Wildman–Crippen LogP) is 22.5. The Morgan fingerprint density at radius 1 is 0.373 bits per heavy atom. The average Bonchev–Trinajstić information content (AvgIpc) is 3.31. The summed E-state index contributed by atoms with van der Waals surface area (Å²) in [7, 11) is 9.12. The fourth-order valence-electron chi connectivity index (χ4n) is 5.09. The first-order valence-electron chi connectivity index (χ1n) is 25.6. The lowest BCUT2D eigenvalue weighted by Gasteiger charge is -2.16. The van der Waals surface area contributed by atoms with Crippen LogP contribution in [0.4, 0.5) is 0 Å². The minimum absolute atomic E-state index is 0. The summed E-state index contributed by atoms with van der Waals surface area (Å²) in [6.45, 7) is 43.2. The fraction of sp³-hybridized carbons (Fsp3) is 0.712. The highest BCUT2D eigenvalue weighted by Crippen LogP contribution is 2.21. The van der Waals surface area contributed by atoms with E-state index in [2.05, 4.69) is 251 Å². The summed E-state index contributed by atoms with van der Waals surface area (Å²) < 4.78 is 0. The third-order valence-corrected chi connectivity index (χ3v) is 19.3. The molecule has 0 radical (unpaired) electrons. The molecule has 0 fully saturated rings. The molecule has 0 aromatic heterocycles. The van der Waals surface area contributed by atoms with Gasteiger partial charge in [-0.1, -0.05) is 250 Å². The van der Waals surface area contributed by atoms with Crippen LogP contribution < -0.4 is 0 Å². The quantitative estimate of drug-likeness (QED) is 0.0739. The van der Waals surface area contributed by atoms with Crippen molar-refractivity contribution in [2.45, 2.75) is 249 Å². The monoisotopic (exact) mass is 1080 g/mol. The van der Waals surface area contributed by atoms with E-state index < -0.39 is 0 Å². The van der Waals surface area contributed by atoms with Gasteiger partial charge in [0.25, 0.3) is 0 Å². The third-order valence-electron chi connectivity index (χ3n) is 8.20. The van der Waals surface area contributed by atoms with Crippen LogP contribution in [0.3, 0.4) is 0 Å². The van der Waals surface area contributed by atoms with Gasteiger partial charge in [-0.15, -0.1) is 0 Å². The van der Waals surface area contributed by atoms with Crippen molar-refractivity contribution in [1.29, 1.82) is 0 Å². The van der Waals surface area contributed by atoms with Crippen LogP contribution in [0, 0.1) is 36.5 Å². The van der Waals surface area contributed by atoms with E-state index in [1.807, 2.05) is 0 Å². The molecule has 0 saturated carbocycles. The molecule has 0 aromatic carbocycles. The van der Waals surface area contributed by atoms with Crippen molar-refractivity contribution in [1.82, 2.24) is 0 Å². The van der Waals surface area contributed by atoms with Gasteiger partial charge in [0.2, 0.25) is 0 Å². The number of allylic oxidation sites excluding steroid dienone is 16. The van der Waals surface area contributed by atoms with Crippen LogP contribution in [0.25, 0.3) is 0 Å². The van der Waals surface area contributed by atoms with Crippen molar-refractivity contribution in [2.24, 2.45) is 29.6 Å². The molecule has 0 aliphatic heterocycles. The maximum Gasteiger partial charge on any atom is 0.103 e. The Labute approximate surface area is 454 Å². The Balaban J connectivity index is -0.0000000706. The minimum atomic E-state index is 0. The molecule has 0 aliphatic rings. The van der Waals surface area contributed by atoms with Gasteiger partial charge in [-0.05, 0) is 119 Å². The van der Waals surface area contributed by atoms with Gasteiger partial charge in [0.05, 0.1) is 6.92 Å². The molecule has 0 heterocycles. The highest BCUT2D eigenvalue weighted by atomic mass is 33.4. The van der Waals surface area contributed by atoms with Crippen LogP contribution in [0.2, 0.25) is 0 Å². The minimum Gasteiger partial charge on any atom is -0.0888 e. The van der Waals surface area contributed by atoms with Crippen molar-refractivity contribution in [3.8, 4) is 0 Å². The van der Waals surface area contributed by atoms with Gasteiger partial charge in [0, 0.05) is 75.7 Å². The van der Waals surface area contributed by atoms with E-state index in [9.17, 15) is 0 Å². The van der Waals surface area contributed by atoms with Gasteiger partial charge in [0.1, 0.15) is 6.42 Å². The molecular formula is C59H119S8+. The lowest BCUT2D eigenvalue weighted by Crippen LogP contribution is -2.03. The second-order valence-electron chi connectivity index (χ2n) is 15.5. The first kappa shape index (κ1) is 89.4. The molecule has 67 heavy (non-hydrogen) atoms. The molecule has 0 rings (SSSR count). The van der Waals surface area contributed by atoms with Crippen molar-refractivity contribution < 1.29 is 0 Å². The number of hydrogen-bond donors (Lipinski definition) is 0. The summed E-state index contributed by atoms with van der Waals surface area (Å²) in [4.78, 5) is 0. The molecule has 4 unspecified atom stereocenters. The molecule has 0 nitrogen and oxygen atoms in total. The molecule has 0 spiro atoms. The first-order chi connectivity index (χ1) is 31.3. The molecule has 0 aliphatic carbocycles. The van der Waals surface area contributed by atoms with E-state index in [4.69, 9.17) is 0 Å². The van der Waals surface area contributed by atoms with Crippen LogP contribution in [0.1, 0.15) is 249 Å². The van der Waals surface area contributed by atoms with Gasteiger partial charge >= 0.3 is 0 Å². The van der Waals surface area contributed by atoms with E-state index in [-0.39, 0.29) is 14.9 Å². The predicted molar refractivity (Wildman–Crippen MR) is 349 cm³/mol. The largest absolute Gasteiger partial charge is 0.103 e. The molecular weight excluding hydrogens is 965 g/mol. The zero-order chi connectivity index (χ0) is 51.5. The van der Waals surface area contributed by atoms with E-state index in [1.165, 1.54) is 94.8 Å². The van der Waals surface area contributed by atoms with Crippen LogP contribution in [0.5, 0.6) is 0 Å². The maximum absolute atomic E-state index is 4.60. The molecule has 4 atom stereocenters. The van der Waals surface area contributed by atoms with E-state index in [0.29, 0.717) is 0 Å². The Kier molecular flexibility index (Phi) is 127. The zero-order valence-corrected chi connectivity index (χ0v) is 52.7. The summed E-state index contributed by atoms with van der Waals surface area (Å²) in [5, 5.41) is 0. The van der Waals surface area contributed by atoms with Gasteiger partial charge in [0.15, 0.2) is 0 Å². The number of rotatable bonds is 23. The van der Waals surface area contributed by atoms with E-state index in [0.717, 1.165) is 61.7 Å². The molecule has 0 bridgehead atoms. The Bertz CT molecular complexity index is 1200. The molecule has 0 amide bonds. The molecule has 8 heteroatoms. The lowest BCUT2D eigenvalue weighted by atomic mass is 9.90. The lowest BCUT2D eigenvalue weighted by molar-refractivity contribution is 0.390. The maximum atomic E-state index is 4.60. The summed E-state index contributed by atoms with van der Waals surface area (Å²) in [6, 6.07) is 0. The second kappa shape index (κ2) is 95.2. The van der Waals surface area contributed by atoms with Gasteiger partial charge in [-0.25, -0.2) is 0 Å². The second-order valence-corrected chi connectivity index (χ2v) is 26.1. The average molecular weight is 1090 g/mol. The third kappa shape index (κ3) is 128. The van der Waals surface area contributed by atoms with Crippen LogP contribution >= 0.6 is 0 Å². The highest BCUT2D eigenvalue weighted by Gasteiger charge is 2.08. The Morgan fingerprint density at radius 3 is 0.836 bits per heavy atom.